The van der Waals surface area contributed by atoms with Crippen LogP contribution in [0.25, 0.3) is 62.0 Å². The molecular formula is C63H60Cl3F5N12O5. The van der Waals surface area contributed by atoms with Crippen LogP contribution >= 0.6 is 34.8 Å². The zero-order valence-corrected chi connectivity index (χ0v) is 51.8. The number of carbonyl (C=O) groups excluding carboxylic acids is 2. The molecule has 8 aromatic rings. The van der Waals surface area contributed by atoms with Gasteiger partial charge in [-0.25, -0.2) is 37.5 Å². The van der Waals surface area contributed by atoms with E-state index in [9.17, 15) is 32.3 Å². The number of aryl methyl sites for hydroxylation is 2. The first-order valence-electron chi connectivity index (χ1n) is 28.3. The molecule has 0 spiro atoms. The molecule has 4 unspecified atom stereocenters. The van der Waals surface area contributed by atoms with E-state index in [1.54, 1.807) is 54.1 Å². The highest BCUT2D eigenvalue weighted by molar-refractivity contribution is 6.34. The van der Waals surface area contributed by atoms with Gasteiger partial charge in [0.25, 0.3) is 0 Å². The molecule has 0 aliphatic carbocycles. The summed E-state index contributed by atoms with van der Waals surface area (Å²) in [5, 5.41) is 0.738. The Bertz CT molecular complexity index is 4330. The summed E-state index contributed by atoms with van der Waals surface area (Å²) in [5.74, 6) is -3.07. The lowest BCUT2D eigenvalue weighted by atomic mass is 10.0. The van der Waals surface area contributed by atoms with Crippen molar-refractivity contribution < 1.29 is 36.3 Å². The summed E-state index contributed by atoms with van der Waals surface area (Å²) in [6.07, 6.45) is 0.751. The quantitative estimate of drug-likeness (QED) is 0.0834. The fourth-order valence-electron chi connectivity index (χ4n) is 11.6. The van der Waals surface area contributed by atoms with Crippen LogP contribution in [0.5, 0.6) is 5.75 Å². The number of fused-ring (bicyclic) bond motifs is 2. The van der Waals surface area contributed by atoms with E-state index in [0.717, 1.165) is 18.2 Å². The predicted octanol–water partition coefficient (Wildman–Crippen LogP) is 12.8. The molecule has 0 bridgehead atoms. The summed E-state index contributed by atoms with van der Waals surface area (Å²) >= 11 is 20.3. The van der Waals surface area contributed by atoms with Crippen LogP contribution in [0.4, 0.5) is 33.6 Å². The van der Waals surface area contributed by atoms with E-state index in [-0.39, 0.29) is 109 Å². The van der Waals surface area contributed by atoms with Crippen LogP contribution in [0, 0.1) is 25.5 Å². The second-order valence-corrected chi connectivity index (χ2v) is 24.0. The van der Waals surface area contributed by atoms with Crippen LogP contribution in [-0.4, -0.2) is 117 Å². The van der Waals surface area contributed by atoms with Crippen molar-refractivity contribution in [1.82, 2.24) is 48.8 Å². The minimum absolute atomic E-state index is 0.000295. The second kappa shape index (κ2) is 24.3. The lowest BCUT2D eigenvalue weighted by Crippen LogP contribution is -2.58. The van der Waals surface area contributed by atoms with Gasteiger partial charge in [0.1, 0.15) is 29.0 Å². The van der Waals surface area contributed by atoms with Crippen molar-refractivity contribution in [3.05, 3.63) is 161 Å². The van der Waals surface area contributed by atoms with Crippen LogP contribution in [0.15, 0.2) is 95.2 Å². The molecule has 458 valence electrons. The third-order valence-electron chi connectivity index (χ3n) is 15.8. The molecule has 2 amide bonds. The van der Waals surface area contributed by atoms with E-state index < -0.39 is 52.8 Å². The second-order valence-electron chi connectivity index (χ2n) is 22.8. The molecule has 88 heavy (non-hydrogen) atoms. The molecule has 2 saturated heterocycles. The van der Waals surface area contributed by atoms with Crippen molar-refractivity contribution >= 4 is 86.4 Å². The average Bonchev–Trinajstić information content (AvgIpc) is 0.822. The van der Waals surface area contributed by atoms with E-state index in [2.05, 4.69) is 26.3 Å². The van der Waals surface area contributed by atoms with E-state index in [0.29, 0.717) is 58.1 Å². The Morgan fingerprint density at radius 3 is 1.65 bits per heavy atom. The molecule has 2 aliphatic rings. The van der Waals surface area contributed by atoms with Gasteiger partial charge in [-0.1, -0.05) is 69.1 Å². The summed E-state index contributed by atoms with van der Waals surface area (Å²) in [6.45, 7) is 23.1. The summed E-state index contributed by atoms with van der Waals surface area (Å²) in [6, 6.07) is 11.2. The Balaban J connectivity index is 1.01. The lowest BCUT2D eigenvalue weighted by Gasteiger charge is -2.44. The molecule has 8 heterocycles. The van der Waals surface area contributed by atoms with Gasteiger partial charge in [-0.2, -0.15) is 9.97 Å². The molecule has 25 heteroatoms. The number of piperazine rings is 2. The number of ether oxygens (including phenoxy) is 1. The van der Waals surface area contributed by atoms with Crippen LogP contribution in [-0.2, 0) is 9.59 Å². The molecule has 0 saturated carbocycles. The van der Waals surface area contributed by atoms with E-state index in [4.69, 9.17) is 49.8 Å². The number of aromatic nitrogens is 8. The first-order valence-corrected chi connectivity index (χ1v) is 29.4. The number of hydrogen-bond donors (Lipinski definition) is 0. The highest BCUT2D eigenvalue weighted by Gasteiger charge is 2.37. The molecule has 17 nitrogen and oxygen atoms in total. The highest BCUT2D eigenvalue weighted by Crippen LogP contribution is 2.41. The van der Waals surface area contributed by atoms with Crippen molar-refractivity contribution in [2.24, 2.45) is 0 Å². The number of halogens is 8. The molecule has 10 rings (SSSR count). The number of alkyl halides is 3. The standard InChI is InChI=1S/C63H60Cl3F5N12O5/c1-12-49(84)78-26-36(10)80(28-34(78)8)58-44-24-45(65)53(41-22-38(64)13-16-47(41)67)74-60(44)83(62(87)77-58)56-33(7)21-39(73-52(56)31(4)5)14-18-50(85)79-27-37(11)81(29-35(79)9)57-43-25-46(66)54(42-23-40(15-17-48(42)68)88-63(69,70)71)75-59(43)82(61(86)76-57)55-32(6)19-20-72-51(55)30(2)3/h12-25,30-31,34-37H,1,26-29H2,2-11H3/b18-14-. The summed E-state index contributed by atoms with van der Waals surface area (Å²) in [5.41, 5.74) is 1.14. The van der Waals surface area contributed by atoms with Gasteiger partial charge in [-0.3, -0.25) is 19.6 Å². The van der Waals surface area contributed by atoms with Crippen LogP contribution in [0.1, 0.15) is 95.4 Å². The first-order chi connectivity index (χ1) is 41.5. The fraction of sp³-hybridized carbons (Fsp3) is 0.333. The molecular weight excluding hydrogens is 1210 g/mol. The van der Waals surface area contributed by atoms with Crippen molar-refractivity contribution in [3.8, 4) is 39.6 Å². The van der Waals surface area contributed by atoms with Crippen molar-refractivity contribution in [2.45, 2.75) is 112 Å². The predicted molar refractivity (Wildman–Crippen MR) is 331 cm³/mol. The summed E-state index contributed by atoms with van der Waals surface area (Å²) in [7, 11) is 0. The first kappa shape index (κ1) is 62.7. The highest BCUT2D eigenvalue weighted by atomic mass is 35.5. The number of amides is 2. The van der Waals surface area contributed by atoms with Crippen molar-refractivity contribution in [3.63, 3.8) is 0 Å². The molecule has 2 fully saturated rings. The Morgan fingerprint density at radius 2 is 1.14 bits per heavy atom. The number of rotatable bonds is 12. The molecule has 0 N–H and O–H groups in total. The van der Waals surface area contributed by atoms with E-state index >= 15 is 8.78 Å². The molecule has 0 radical (unpaired) electrons. The maximum Gasteiger partial charge on any atom is 0.573 e. The van der Waals surface area contributed by atoms with Crippen molar-refractivity contribution in [2.75, 3.05) is 36.0 Å². The number of pyridine rings is 4. The van der Waals surface area contributed by atoms with Gasteiger partial charge in [0.15, 0.2) is 11.3 Å². The maximum atomic E-state index is 15.7. The lowest BCUT2D eigenvalue weighted by molar-refractivity contribution is -0.274. The van der Waals surface area contributed by atoms with Gasteiger partial charge in [-0.05, 0) is 137 Å². The number of benzene rings is 2. The van der Waals surface area contributed by atoms with Crippen LogP contribution < -0.4 is 25.9 Å². The Labute approximate surface area is 517 Å². The van der Waals surface area contributed by atoms with E-state index in [1.165, 1.54) is 45.6 Å². The molecule has 2 aliphatic heterocycles. The third kappa shape index (κ3) is 11.9. The van der Waals surface area contributed by atoms with Gasteiger partial charge < -0.3 is 24.3 Å². The smallest absolute Gasteiger partial charge is 0.406 e. The molecule has 6 aromatic heterocycles. The number of nitrogens with zero attached hydrogens (tertiary/aromatic N) is 12. The SMILES string of the molecule is C=CC(=O)N1CC(C)N(c2nc(=O)n(-c3c(C)cc(/C=C\C(=O)N4CC(C)N(c5nc(=O)n(-c6c(C)ccnc6C(C)C)c6nc(-c7cc(OC(F)(F)F)ccc7F)c(Cl)cc56)CC4C)nc3C(C)C)c3nc(-c4cc(Cl)ccc4F)c(Cl)cc23)CC1C. The fourth-order valence-corrected chi connectivity index (χ4v) is 12.3. The monoisotopic (exact) mass is 1260 g/mol. The van der Waals surface area contributed by atoms with Gasteiger partial charge in [-0.15, -0.1) is 13.2 Å². The molecule has 4 atom stereocenters. The third-order valence-corrected chi connectivity index (χ3v) is 16.6. The van der Waals surface area contributed by atoms with Gasteiger partial charge in [0.05, 0.1) is 60.7 Å². The Morgan fingerprint density at radius 1 is 0.636 bits per heavy atom. The van der Waals surface area contributed by atoms with Gasteiger partial charge in [0.2, 0.25) is 11.8 Å². The van der Waals surface area contributed by atoms with Gasteiger partial charge >= 0.3 is 17.7 Å². The zero-order valence-electron chi connectivity index (χ0n) is 49.5. The minimum atomic E-state index is -5.09. The topological polar surface area (TPSA) is 178 Å². The van der Waals surface area contributed by atoms with Crippen LogP contribution in [0.2, 0.25) is 15.1 Å². The van der Waals surface area contributed by atoms with Crippen molar-refractivity contribution in [1.29, 1.82) is 0 Å². The van der Waals surface area contributed by atoms with Gasteiger partial charge in [0, 0.05) is 78.8 Å². The maximum absolute atomic E-state index is 15.7. The number of anilines is 2. The summed E-state index contributed by atoms with van der Waals surface area (Å²) in [4.78, 5) is 92.6. The zero-order chi connectivity index (χ0) is 63.7. The van der Waals surface area contributed by atoms with Crippen LogP contribution in [0.3, 0.4) is 0 Å². The largest absolute Gasteiger partial charge is 0.573 e. The normalized spacial score (nSPS) is 17.5. The number of hydrogen-bond acceptors (Lipinski definition) is 13. The molecule has 2 aromatic carbocycles. The number of carbonyl (C=O) groups is 2. The minimum Gasteiger partial charge on any atom is -0.406 e. The summed E-state index contributed by atoms with van der Waals surface area (Å²) < 4.78 is 78.3. The average molecular weight is 1270 g/mol. The Hall–Kier alpha value is -8.34. The van der Waals surface area contributed by atoms with E-state index in [1.807, 2.05) is 65.2 Å². The Kier molecular flexibility index (Phi) is 17.3.